The number of nitrogens with one attached hydrogen (secondary N) is 1. The quantitative estimate of drug-likeness (QED) is 0.350. The second-order valence-corrected chi connectivity index (χ2v) is 6.64. The molecule has 4 rings (SSSR count). The average molecular weight is 413 g/mol. The van der Waals surface area contributed by atoms with Crippen LogP contribution in [0.25, 0.3) is 34.0 Å². The van der Waals surface area contributed by atoms with Gasteiger partial charge in [0.05, 0.1) is 35.9 Å². The SMILES string of the molecule is CCOC(=O)c1ccc(-c2ccc(/C=C(/C#N)c3nc4ccc(OC)cc4[nH]3)o2)cc1. The summed E-state index contributed by atoms with van der Waals surface area (Å²) in [7, 11) is 1.60. The van der Waals surface area contributed by atoms with Gasteiger partial charge in [-0.3, -0.25) is 0 Å². The van der Waals surface area contributed by atoms with Gasteiger partial charge >= 0.3 is 5.97 Å². The van der Waals surface area contributed by atoms with Crippen molar-refractivity contribution in [3.8, 4) is 23.1 Å². The number of ether oxygens (including phenoxy) is 2. The summed E-state index contributed by atoms with van der Waals surface area (Å²) < 4.78 is 16.1. The van der Waals surface area contributed by atoms with Gasteiger partial charge in [-0.15, -0.1) is 0 Å². The molecule has 0 bridgehead atoms. The molecule has 2 heterocycles. The molecule has 0 aliphatic rings. The molecule has 0 aliphatic carbocycles. The third-order valence-electron chi connectivity index (χ3n) is 4.66. The Morgan fingerprint density at radius 3 is 2.71 bits per heavy atom. The highest BCUT2D eigenvalue weighted by Gasteiger charge is 2.12. The molecule has 0 saturated carbocycles. The van der Waals surface area contributed by atoms with Gasteiger partial charge in [0.1, 0.15) is 29.2 Å². The minimum atomic E-state index is -0.362. The third kappa shape index (κ3) is 4.19. The lowest BCUT2D eigenvalue weighted by atomic mass is 10.1. The predicted molar refractivity (Wildman–Crippen MR) is 116 cm³/mol. The second kappa shape index (κ2) is 8.59. The van der Waals surface area contributed by atoms with Crippen LogP contribution in [0.15, 0.2) is 59.0 Å². The Morgan fingerprint density at radius 2 is 2.00 bits per heavy atom. The number of H-pyrrole nitrogens is 1. The number of aromatic amines is 1. The first-order chi connectivity index (χ1) is 15.1. The van der Waals surface area contributed by atoms with Gasteiger partial charge in [-0.2, -0.15) is 5.26 Å². The van der Waals surface area contributed by atoms with Gasteiger partial charge in [0, 0.05) is 17.7 Å². The van der Waals surface area contributed by atoms with E-state index in [4.69, 9.17) is 13.9 Å². The standard InChI is InChI=1S/C24H19N3O4/c1-3-30-24(28)16-6-4-15(5-7-16)22-11-9-19(31-22)12-17(14-25)23-26-20-10-8-18(29-2)13-21(20)27-23/h4-13H,3H2,1-2H3,(H,26,27)/b17-12-. The molecule has 0 amide bonds. The monoisotopic (exact) mass is 413 g/mol. The first-order valence-corrected chi connectivity index (χ1v) is 9.64. The number of carbonyl (C=O) groups excluding carboxylic acids is 1. The first-order valence-electron chi connectivity index (χ1n) is 9.64. The van der Waals surface area contributed by atoms with Crippen LogP contribution >= 0.6 is 0 Å². The highest BCUT2D eigenvalue weighted by atomic mass is 16.5. The molecule has 2 aromatic heterocycles. The van der Waals surface area contributed by atoms with Gasteiger partial charge in [-0.25, -0.2) is 9.78 Å². The topological polar surface area (TPSA) is 101 Å². The zero-order chi connectivity index (χ0) is 21.8. The Bertz CT molecular complexity index is 1310. The zero-order valence-electron chi connectivity index (χ0n) is 17.0. The summed E-state index contributed by atoms with van der Waals surface area (Å²) in [5.41, 5.74) is 3.14. The van der Waals surface area contributed by atoms with Crippen LogP contribution < -0.4 is 4.74 Å². The Hall–Kier alpha value is -4.31. The van der Waals surface area contributed by atoms with Gasteiger partial charge in [-0.1, -0.05) is 12.1 Å². The average Bonchev–Trinajstić information content (AvgIpc) is 3.44. The van der Waals surface area contributed by atoms with Crippen LogP contribution in [0.4, 0.5) is 0 Å². The number of benzene rings is 2. The predicted octanol–water partition coefficient (Wildman–Crippen LogP) is 5.07. The normalized spacial score (nSPS) is 11.3. The molecule has 2 aromatic carbocycles. The summed E-state index contributed by atoms with van der Waals surface area (Å²) in [5, 5.41) is 9.63. The number of nitriles is 1. The van der Waals surface area contributed by atoms with Crippen molar-refractivity contribution in [1.82, 2.24) is 9.97 Å². The molecular formula is C24H19N3O4. The summed E-state index contributed by atoms with van der Waals surface area (Å²) in [6, 6.07) is 18.2. The van der Waals surface area contributed by atoms with Crippen LogP contribution in [0.3, 0.4) is 0 Å². The van der Waals surface area contributed by atoms with E-state index in [1.54, 1.807) is 50.4 Å². The molecule has 0 unspecified atom stereocenters. The number of allylic oxidation sites excluding steroid dienone is 1. The van der Waals surface area contributed by atoms with Crippen molar-refractivity contribution >= 4 is 28.7 Å². The number of rotatable bonds is 6. The number of hydrogen-bond acceptors (Lipinski definition) is 6. The fourth-order valence-corrected chi connectivity index (χ4v) is 3.11. The van der Waals surface area contributed by atoms with Crippen molar-refractivity contribution in [2.24, 2.45) is 0 Å². The number of esters is 1. The lowest BCUT2D eigenvalue weighted by molar-refractivity contribution is 0.0526. The lowest BCUT2D eigenvalue weighted by Gasteiger charge is -2.02. The fraction of sp³-hybridized carbons (Fsp3) is 0.125. The van der Waals surface area contributed by atoms with E-state index in [9.17, 15) is 10.1 Å². The van der Waals surface area contributed by atoms with Gasteiger partial charge in [0.2, 0.25) is 0 Å². The fourth-order valence-electron chi connectivity index (χ4n) is 3.11. The maximum absolute atomic E-state index is 11.8. The number of methoxy groups -OCH3 is 1. The molecule has 0 radical (unpaired) electrons. The molecule has 0 saturated heterocycles. The summed E-state index contributed by atoms with van der Waals surface area (Å²) in [5.74, 6) is 1.92. The molecule has 31 heavy (non-hydrogen) atoms. The van der Waals surface area contributed by atoms with Gasteiger partial charge < -0.3 is 18.9 Å². The zero-order valence-corrected chi connectivity index (χ0v) is 17.0. The molecule has 7 heteroatoms. The van der Waals surface area contributed by atoms with E-state index in [0.717, 1.165) is 16.6 Å². The third-order valence-corrected chi connectivity index (χ3v) is 4.66. The molecule has 4 aromatic rings. The van der Waals surface area contributed by atoms with Crippen LogP contribution in [0, 0.1) is 11.3 Å². The van der Waals surface area contributed by atoms with Crippen LogP contribution in [-0.2, 0) is 4.74 Å². The molecule has 0 spiro atoms. The van der Waals surface area contributed by atoms with E-state index in [1.165, 1.54) is 0 Å². The van der Waals surface area contributed by atoms with E-state index >= 15 is 0 Å². The van der Waals surface area contributed by atoms with E-state index in [0.29, 0.717) is 40.8 Å². The van der Waals surface area contributed by atoms with E-state index in [1.807, 2.05) is 24.3 Å². The summed E-state index contributed by atoms with van der Waals surface area (Å²) in [6.07, 6.45) is 1.63. The van der Waals surface area contributed by atoms with Crippen molar-refractivity contribution in [1.29, 1.82) is 5.26 Å². The van der Waals surface area contributed by atoms with Crippen LogP contribution in [0.5, 0.6) is 5.75 Å². The van der Waals surface area contributed by atoms with Gasteiger partial charge in [0.15, 0.2) is 0 Å². The lowest BCUT2D eigenvalue weighted by Crippen LogP contribution is -2.03. The maximum atomic E-state index is 11.8. The van der Waals surface area contributed by atoms with Crippen molar-refractivity contribution < 1.29 is 18.7 Å². The molecule has 0 aliphatic heterocycles. The number of hydrogen-bond donors (Lipinski definition) is 1. The number of furan rings is 1. The first kappa shape index (κ1) is 20.0. The Morgan fingerprint density at radius 1 is 1.19 bits per heavy atom. The number of nitrogens with zero attached hydrogens (tertiary/aromatic N) is 2. The number of imidazole rings is 1. The molecule has 154 valence electrons. The summed E-state index contributed by atoms with van der Waals surface area (Å²) in [4.78, 5) is 19.4. The molecule has 7 nitrogen and oxygen atoms in total. The van der Waals surface area contributed by atoms with Crippen LogP contribution in [-0.4, -0.2) is 29.7 Å². The number of aromatic nitrogens is 2. The Labute approximate surface area is 178 Å². The minimum Gasteiger partial charge on any atom is -0.497 e. The minimum absolute atomic E-state index is 0.328. The van der Waals surface area contributed by atoms with Crippen molar-refractivity contribution in [3.63, 3.8) is 0 Å². The second-order valence-electron chi connectivity index (χ2n) is 6.64. The maximum Gasteiger partial charge on any atom is 0.338 e. The number of carbonyl (C=O) groups is 1. The molecule has 0 fully saturated rings. The van der Waals surface area contributed by atoms with Gasteiger partial charge in [-0.05, 0) is 43.3 Å². The van der Waals surface area contributed by atoms with Crippen LogP contribution in [0.1, 0.15) is 28.9 Å². The van der Waals surface area contributed by atoms with E-state index < -0.39 is 0 Å². The molecule has 1 N–H and O–H groups in total. The van der Waals surface area contributed by atoms with Crippen molar-refractivity contribution in [3.05, 3.63) is 71.7 Å². The highest BCUT2D eigenvalue weighted by molar-refractivity contribution is 5.91. The van der Waals surface area contributed by atoms with Crippen LogP contribution in [0.2, 0.25) is 0 Å². The molecule has 0 atom stereocenters. The van der Waals surface area contributed by atoms with Gasteiger partial charge in [0.25, 0.3) is 0 Å². The number of fused-ring (bicyclic) bond motifs is 1. The smallest absolute Gasteiger partial charge is 0.338 e. The van der Waals surface area contributed by atoms with E-state index in [-0.39, 0.29) is 5.97 Å². The van der Waals surface area contributed by atoms with Crippen molar-refractivity contribution in [2.45, 2.75) is 6.92 Å². The van der Waals surface area contributed by atoms with E-state index in [2.05, 4.69) is 16.0 Å². The highest BCUT2D eigenvalue weighted by Crippen LogP contribution is 2.26. The van der Waals surface area contributed by atoms with Crippen molar-refractivity contribution in [2.75, 3.05) is 13.7 Å². The summed E-state index contributed by atoms with van der Waals surface area (Å²) in [6.45, 7) is 2.09. The molecular weight excluding hydrogens is 394 g/mol. The Kier molecular flexibility index (Phi) is 5.54. The Balaban J connectivity index is 1.59. The largest absolute Gasteiger partial charge is 0.497 e. The summed E-state index contributed by atoms with van der Waals surface area (Å²) >= 11 is 0.